The lowest BCUT2D eigenvalue weighted by molar-refractivity contribution is -0.684. The Labute approximate surface area is 129 Å². The van der Waals surface area contributed by atoms with Crippen LogP contribution in [0.25, 0.3) is 0 Å². The van der Waals surface area contributed by atoms with Crippen LogP contribution in [0.15, 0.2) is 53.9 Å². The van der Waals surface area contributed by atoms with Gasteiger partial charge in [-0.25, -0.2) is 5.43 Å². The van der Waals surface area contributed by atoms with Crippen LogP contribution in [0.1, 0.15) is 5.56 Å². The van der Waals surface area contributed by atoms with E-state index in [-0.39, 0.29) is 12.5 Å². The van der Waals surface area contributed by atoms with Crippen molar-refractivity contribution in [1.82, 2.24) is 5.43 Å². The van der Waals surface area contributed by atoms with Crippen molar-refractivity contribution >= 4 is 12.1 Å². The number of carbonyl (C=O) groups is 1. The van der Waals surface area contributed by atoms with Gasteiger partial charge >= 0.3 is 5.91 Å². The van der Waals surface area contributed by atoms with E-state index in [1.807, 2.05) is 30.6 Å². The van der Waals surface area contributed by atoms with Gasteiger partial charge in [-0.15, -0.1) is 0 Å². The SMILES string of the molecule is COc1ccc(OC)c(/C=N\NC(=O)C[n+]2ccccc2)c1. The highest BCUT2D eigenvalue weighted by atomic mass is 16.5. The Morgan fingerprint density at radius 2 is 2.00 bits per heavy atom. The lowest BCUT2D eigenvalue weighted by atomic mass is 10.2. The summed E-state index contributed by atoms with van der Waals surface area (Å²) in [5, 5.41) is 3.95. The second-order valence-electron chi connectivity index (χ2n) is 4.45. The monoisotopic (exact) mass is 300 g/mol. The molecular weight excluding hydrogens is 282 g/mol. The molecule has 22 heavy (non-hydrogen) atoms. The van der Waals surface area contributed by atoms with Crippen molar-refractivity contribution in [3.8, 4) is 11.5 Å². The van der Waals surface area contributed by atoms with E-state index in [1.165, 1.54) is 6.21 Å². The van der Waals surface area contributed by atoms with E-state index in [9.17, 15) is 4.79 Å². The van der Waals surface area contributed by atoms with Gasteiger partial charge in [0.2, 0.25) is 6.54 Å². The summed E-state index contributed by atoms with van der Waals surface area (Å²) in [6, 6.07) is 11.0. The molecule has 0 saturated heterocycles. The molecule has 0 aliphatic carbocycles. The van der Waals surface area contributed by atoms with Crippen LogP contribution in [0.3, 0.4) is 0 Å². The first-order chi connectivity index (χ1) is 10.7. The van der Waals surface area contributed by atoms with Crippen LogP contribution in [-0.4, -0.2) is 26.3 Å². The van der Waals surface area contributed by atoms with Crippen molar-refractivity contribution in [2.45, 2.75) is 6.54 Å². The second kappa shape index (κ2) is 7.78. The fraction of sp³-hybridized carbons (Fsp3) is 0.188. The van der Waals surface area contributed by atoms with Crippen LogP contribution in [-0.2, 0) is 11.3 Å². The first-order valence-corrected chi connectivity index (χ1v) is 6.71. The van der Waals surface area contributed by atoms with Crippen molar-refractivity contribution < 1.29 is 18.8 Å². The number of amides is 1. The predicted molar refractivity (Wildman–Crippen MR) is 81.9 cm³/mol. The molecular formula is C16H18N3O3+. The molecule has 0 unspecified atom stereocenters. The summed E-state index contributed by atoms with van der Waals surface area (Å²) in [4.78, 5) is 11.8. The van der Waals surface area contributed by atoms with Crippen LogP contribution in [0.4, 0.5) is 0 Å². The second-order valence-corrected chi connectivity index (χ2v) is 4.45. The van der Waals surface area contributed by atoms with Crippen LogP contribution in [0.2, 0.25) is 0 Å². The molecule has 0 fully saturated rings. The maximum atomic E-state index is 11.8. The van der Waals surface area contributed by atoms with Gasteiger partial charge in [-0.3, -0.25) is 4.79 Å². The van der Waals surface area contributed by atoms with Crippen molar-refractivity contribution in [3.05, 3.63) is 54.4 Å². The molecule has 0 spiro atoms. The van der Waals surface area contributed by atoms with Gasteiger partial charge in [0.05, 0.1) is 20.4 Å². The molecule has 1 N–H and O–H groups in total. The number of pyridine rings is 1. The average molecular weight is 300 g/mol. The molecule has 6 heteroatoms. The summed E-state index contributed by atoms with van der Waals surface area (Å²) in [7, 11) is 3.16. The lowest BCUT2D eigenvalue weighted by Gasteiger charge is -2.06. The summed E-state index contributed by atoms with van der Waals surface area (Å²) in [6.45, 7) is 0.202. The van der Waals surface area contributed by atoms with Crippen LogP contribution >= 0.6 is 0 Å². The van der Waals surface area contributed by atoms with Gasteiger partial charge in [-0.05, 0) is 18.2 Å². The highest BCUT2D eigenvalue weighted by Crippen LogP contribution is 2.22. The molecule has 1 heterocycles. The maximum Gasteiger partial charge on any atom is 0.305 e. The van der Waals surface area contributed by atoms with Gasteiger partial charge in [-0.2, -0.15) is 9.67 Å². The lowest BCUT2D eigenvalue weighted by Crippen LogP contribution is -2.40. The number of methoxy groups -OCH3 is 2. The van der Waals surface area contributed by atoms with Gasteiger partial charge < -0.3 is 9.47 Å². The van der Waals surface area contributed by atoms with Gasteiger partial charge in [0.25, 0.3) is 0 Å². The third-order valence-corrected chi connectivity index (χ3v) is 2.93. The number of carbonyl (C=O) groups excluding carboxylic acids is 1. The number of hydrogen-bond acceptors (Lipinski definition) is 4. The molecule has 2 aromatic rings. The third-order valence-electron chi connectivity index (χ3n) is 2.93. The molecule has 1 aromatic carbocycles. The van der Waals surface area contributed by atoms with Crippen LogP contribution in [0, 0.1) is 0 Å². The summed E-state index contributed by atoms with van der Waals surface area (Å²) in [5.41, 5.74) is 3.20. The maximum absolute atomic E-state index is 11.8. The van der Waals surface area contributed by atoms with E-state index in [4.69, 9.17) is 9.47 Å². The van der Waals surface area contributed by atoms with Crippen molar-refractivity contribution in [2.24, 2.45) is 5.10 Å². The normalized spacial score (nSPS) is 10.5. The molecule has 0 bridgehead atoms. The number of hydrazone groups is 1. The highest BCUT2D eigenvalue weighted by molar-refractivity contribution is 5.85. The minimum Gasteiger partial charge on any atom is -0.497 e. The van der Waals surface area contributed by atoms with Crippen LogP contribution < -0.4 is 19.5 Å². The minimum absolute atomic E-state index is 0.202. The van der Waals surface area contributed by atoms with E-state index in [0.29, 0.717) is 11.5 Å². The van der Waals surface area contributed by atoms with Gasteiger partial charge in [0.15, 0.2) is 12.4 Å². The zero-order chi connectivity index (χ0) is 15.8. The van der Waals surface area contributed by atoms with Crippen molar-refractivity contribution in [1.29, 1.82) is 0 Å². The number of ether oxygens (including phenoxy) is 2. The van der Waals surface area contributed by atoms with Crippen molar-refractivity contribution in [3.63, 3.8) is 0 Å². The van der Waals surface area contributed by atoms with Gasteiger partial charge in [0, 0.05) is 17.7 Å². The molecule has 0 radical (unpaired) electrons. The molecule has 1 amide bonds. The highest BCUT2D eigenvalue weighted by Gasteiger charge is 2.07. The van der Waals surface area contributed by atoms with Gasteiger partial charge in [-0.1, -0.05) is 6.07 Å². The Morgan fingerprint density at radius 3 is 2.68 bits per heavy atom. The van der Waals surface area contributed by atoms with Crippen molar-refractivity contribution in [2.75, 3.05) is 14.2 Å². The Morgan fingerprint density at radius 1 is 1.23 bits per heavy atom. The molecule has 2 rings (SSSR count). The Bertz CT molecular complexity index is 657. The summed E-state index contributed by atoms with van der Waals surface area (Å²) in [5.74, 6) is 1.12. The van der Waals surface area contributed by atoms with E-state index in [1.54, 1.807) is 37.0 Å². The topological polar surface area (TPSA) is 63.8 Å². The summed E-state index contributed by atoms with van der Waals surface area (Å²) >= 11 is 0. The first-order valence-electron chi connectivity index (χ1n) is 6.71. The van der Waals surface area contributed by atoms with Gasteiger partial charge in [0.1, 0.15) is 11.5 Å². The third kappa shape index (κ3) is 4.31. The Balaban J connectivity index is 1.98. The molecule has 0 aliphatic rings. The Kier molecular flexibility index (Phi) is 5.48. The molecule has 114 valence electrons. The predicted octanol–water partition coefficient (Wildman–Crippen LogP) is 1.14. The largest absolute Gasteiger partial charge is 0.497 e. The fourth-order valence-corrected chi connectivity index (χ4v) is 1.86. The average Bonchev–Trinajstić information content (AvgIpc) is 2.55. The summed E-state index contributed by atoms with van der Waals surface area (Å²) < 4.78 is 12.1. The minimum atomic E-state index is -0.214. The van der Waals surface area contributed by atoms with E-state index in [0.717, 1.165) is 5.56 Å². The van der Waals surface area contributed by atoms with E-state index in [2.05, 4.69) is 10.5 Å². The smallest absolute Gasteiger partial charge is 0.305 e. The standard InChI is InChI=1S/C16H17N3O3/c1-21-14-6-7-15(22-2)13(10-14)11-17-18-16(20)12-19-8-4-3-5-9-19/h3-11H,12H2,1-2H3/p+1/b17-11-. The summed E-state index contributed by atoms with van der Waals surface area (Å²) in [6.07, 6.45) is 5.15. The molecule has 1 aromatic heterocycles. The quantitative estimate of drug-likeness (QED) is 0.494. The number of hydrogen-bond donors (Lipinski definition) is 1. The van der Waals surface area contributed by atoms with Crippen LogP contribution in [0.5, 0.6) is 11.5 Å². The number of aromatic nitrogens is 1. The Hall–Kier alpha value is -2.89. The fourth-order valence-electron chi connectivity index (χ4n) is 1.86. The van der Waals surface area contributed by atoms with E-state index >= 15 is 0 Å². The number of nitrogens with zero attached hydrogens (tertiary/aromatic N) is 2. The molecule has 0 saturated carbocycles. The number of benzene rings is 1. The van der Waals surface area contributed by atoms with E-state index < -0.39 is 0 Å². The zero-order valence-electron chi connectivity index (χ0n) is 12.5. The first kappa shape index (κ1) is 15.5. The zero-order valence-corrected chi connectivity index (χ0v) is 12.5. The number of rotatable bonds is 6. The number of nitrogens with one attached hydrogen (secondary N) is 1. The molecule has 0 aliphatic heterocycles. The molecule has 0 atom stereocenters. The molecule has 6 nitrogen and oxygen atoms in total.